The zero-order valence-corrected chi connectivity index (χ0v) is 8.50. The van der Waals surface area contributed by atoms with Crippen LogP contribution < -0.4 is 14.7 Å². The molecule has 0 unspecified atom stereocenters. The predicted molar refractivity (Wildman–Crippen MR) is 16.2 cm³/mol. The molecule has 0 rings (SSSR count). The summed E-state index contributed by atoms with van der Waals surface area (Å²) in [7, 11) is -5.39. The standard InChI is InChI=1S/ClH2.H3O4P.Sr/c;1-5(2,3)4;/h1H2;(H3,1,2,3,4);/q+1;;+2/p-3. The van der Waals surface area contributed by atoms with Crippen molar-refractivity contribution in [2.45, 2.75) is 0 Å². The van der Waals surface area contributed by atoms with Gasteiger partial charge in [0.1, 0.15) is 0 Å². The Morgan fingerprint density at radius 3 is 1.14 bits per heavy atom. The third-order valence-electron chi connectivity index (χ3n) is 0. The Bertz CT molecular complexity index is 57.8. The molecular formula is H2ClO4PSr. The van der Waals surface area contributed by atoms with E-state index in [1.165, 1.54) is 0 Å². The molecule has 0 N–H and O–H groups in total. The van der Waals surface area contributed by atoms with E-state index >= 15 is 0 Å². The Morgan fingerprint density at radius 1 is 1.14 bits per heavy atom. The molecule has 40 valence electrons. The van der Waals surface area contributed by atoms with E-state index in [2.05, 4.69) is 0 Å². The van der Waals surface area contributed by atoms with Gasteiger partial charge in [-0.05, 0) is 0 Å². The molecule has 0 atom stereocenters. The molecule has 0 aliphatic rings. The number of hydrogen-bond donors (Lipinski definition) is 0. The first-order valence-electron chi connectivity index (χ1n) is 0.730. The first kappa shape index (κ1) is 15.9. The number of halogens is 1. The minimum Gasteiger partial charge on any atom is -0.822 e. The summed E-state index contributed by atoms with van der Waals surface area (Å²) in [6, 6.07) is 0. The fraction of sp³-hybridized carbons (Fsp3) is 0. The van der Waals surface area contributed by atoms with Crippen molar-refractivity contribution in [2.24, 2.45) is 0 Å². The quantitative estimate of drug-likeness (QED) is 0.310. The average molecular weight is 220 g/mol. The molecule has 0 aliphatic heterocycles. The molecule has 0 saturated heterocycles. The van der Waals surface area contributed by atoms with Crippen molar-refractivity contribution < 1.29 is 31.7 Å². The van der Waals surface area contributed by atoms with Crippen molar-refractivity contribution in [2.75, 3.05) is 0 Å². The van der Waals surface area contributed by atoms with Gasteiger partial charge in [-0.25, -0.2) is 0 Å². The molecular weight excluding hydrogens is 218 g/mol. The summed E-state index contributed by atoms with van der Waals surface area (Å²) >= 11 is 0. The van der Waals surface area contributed by atoms with Crippen molar-refractivity contribution in [3.8, 4) is 0 Å². The zero-order valence-electron chi connectivity index (χ0n) is 3.23. The van der Waals surface area contributed by atoms with Gasteiger partial charge in [0.2, 0.25) is 0 Å². The summed E-state index contributed by atoms with van der Waals surface area (Å²) in [5, 5.41) is 0. The van der Waals surface area contributed by atoms with Crippen LogP contribution in [0.5, 0.6) is 0 Å². The molecule has 0 aromatic rings. The average Bonchev–Trinajstić information content (AvgIpc) is 0.722. The first-order valence-corrected chi connectivity index (χ1v) is 2.19. The van der Waals surface area contributed by atoms with Crippen molar-refractivity contribution in [1.82, 2.24) is 0 Å². The molecule has 4 nitrogen and oxygen atoms in total. The number of phosphoric acid groups is 1. The SMILES string of the molecule is O=P([O-])([O-])[O-].[ClH2+].[Sr+2]. The van der Waals surface area contributed by atoms with E-state index in [0.717, 1.165) is 0 Å². The minimum absolute atomic E-state index is 0. The van der Waals surface area contributed by atoms with Gasteiger partial charge < -0.3 is 19.2 Å². The summed E-state index contributed by atoms with van der Waals surface area (Å²) < 4.78 is 8.55. The van der Waals surface area contributed by atoms with Crippen LogP contribution in [-0.4, -0.2) is 45.5 Å². The van der Waals surface area contributed by atoms with Gasteiger partial charge in [-0.15, -0.1) is 0 Å². The van der Waals surface area contributed by atoms with Crippen molar-refractivity contribution >= 4 is 53.3 Å². The molecule has 0 fully saturated rings. The molecule has 0 radical (unpaired) electrons. The van der Waals surface area contributed by atoms with Crippen LogP contribution >= 0.6 is 7.82 Å². The van der Waals surface area contributed by atoms with E-state index in [0.29, 0.717) is 0 Å². The van der Waals surface area contributed by atoms with E-state index in [9.17, 15) is 0 Å². The van der Waals surface area contributed by atoms with Crippen LogP contribution in [0.25, 0.3) is 0 Å². The van der Waals surface area contributed by atoms with Crippen LogP contribution in [0.2, 0.25) is 0 Å². The van der Waals surface area contributed by atoms with Gasteiger partial charge in [0.05, 0.1) is 12.4 Å². The Labute approximate surface area is 83.8 Å². The molecule has 0 aromatic carbocycles. The Morgan fingerprint density at radius 2 is 1.14 bits per heavy atom. The van der Waals surface area contributed by atoms with Gasteiger partial charge >= 0.3 is 45.5 Å². The second kappa shape index (κ2) is 6.01. The van der Waals surface area contributed by atoms with E-state index in [4.69, 9.17) is 19.2 Å². The van der Waals surface area contributed by atoms with Crippen LogP contribution in [0.3, 0.4) is 0 Å². The van der Waals surface area contributed by atoms with Crippen molar-refractivity contribution in [3.05, 3.63) is 0 Å². The van der Waals surface area contributed by atoms with E-state index in [-0.39, 0.29) is 57.9 Å². The number of hydrogen-bond acceptors (Lipinski definition) is 4. The summed E-state index contributed by atoms with van der Waals surface area (Å²) in [5.41, 5.74) is 0. The van der Waals surface area contributed by atoms with Crippen LogP contribution in [0.4, 0.5) is 0 Å². The molecule has 0 aliphatic carbocycles. The maximum absolute atomic E-state index is 8.55. The summed E-state index contributed by atoms with van der Waals surface area (Å²) in [6.07, 6.45) is 0. The predicted octanol–water partition coefficient (Wildman–Crippen LogP) is -3.74. The third-order valence-corrected chi connectivity index (χ3v) is 0. The van der Waals surface area contributed by atoms with Gasteiger partial charge in [0, 0.05) is 0 Å². The number of rotatable bonds is 0. The van der Waals surface area contributed by atoms with Gasteiger partial charge in [-0.1, -0.05) is 0 Å². The maximum Gasteiger partial charge on any atom is 2.00 e. The first-order chi connectivity index (χ1) is 2.00. The van der Waals surface area contributed by atoms with Gasteiger partial charge in [0.15, 0.2) is 0 Å². The second-order valence-corrected chi connectivity index (χ2v) is 1.34. The molecule has 0 heterocycles. The zero-order chi connectivity index (χ0) is 4.50. The Balaban J connectivity index is -0.0000000800. The Hall–Kier alpha value is 1.88. The monoisotopic (exact) mass is 220 g/mol. The fourth-order valence-corrected chi connectivity index (χ4v) is 0. The molecule has 0 spiro atoms. The molecule has 7 heavy (non-hydrogen) atoms. The largest absolute Gasteiger partial charge is 2.00 e. The second-order valence-electron chi connectivity index (χ2n) is 0.447. The van der Waals surface area contributed by atoms with E-state index < -0.39 is 7.82 Å². The third kappa shape index (κ3) is 77.1. The van der Waals surface area contributed by atoms with Crippen LogP contribution in [0.1, 0.15) is 0 Å². The maximum atomic E-state index is 8.55. The molecule has 0 saturated carbocycles. The van der Waals surface area contributed by atoms with Gasteiger partial charge in [-0.3, -0.25) is 0 Å². The molecule has 0 amide bonds. The molecule has 7 heteroatoms. The van der Waals surface area contributed by atoms with Crippen molar-refractivity contribution in [1.29, 1.82) is 0 Å². The van der Waals surface area contributed by atoms with Gasteiger partial charge in [0.25, 0.3) is 0 Å². The Kier molecular flexibility index (Phi) is 13.7. The summed E-state index contributed by atoms with van der Waals surface area (Å²) in [4.78, 5) is 25.6. The van der Waals surface area contributed by atoms with Crippen LogP contribution in [0.15, 0.2) is 0 Å². The molecule has 0 aromatic heterocycles. The molecule has 0 bridgehead atoms. The summed E-state index contributed by atoms with van der Waals surface area (Å²) in [6.45, 7) is 0. The normalized spacial score (nSPS) is 8.43. The minimum atomic E-state index is -5.39. The van der Waals surface area contributed by atoms with Gasteiger partial charge in [-0.2, -0.15) is 7.82 Å². The van der Waals surface area contributed by atoms with E-state index in [1.54, 1.807) is 0 Å². The fourth-order valence-electron chi connectivity index (χ4n) is 0. The summed E-state index contributed by atoms with van der Waals surface area (Å²) in [5.74, 6) is 0. The van der Waals surface area contributed by atoms with Crippen molar-refractivity contribution in [3.63, 3.8) is 0 Å². The topological polar surface area (TPSA) is 86.2 Å². The smallest absolute Gasteiger partial charge is 0.822 e. The van der Waals surface area contributed by atoms with Crippen LogP contribution in [0, 0.1) is 12.4 Å². The van der Waals surface area contributed by atoms with E-state index in [1.807, 2.05) is 0 Å². The van der Waals surface area contributed by atoms with Crippen LogP contribution in [-0.2, 0) is 4.57 Å².